The van der Waals surface area contributed by atoms with Crippen LogP contribution < -0.4 is 4.90 Å². The van der Waals surface area contributed by atoms with E-state index in [2.05, 4.69) is 126 Å². The van der Waals surface area contributed by atoms with Crippen molar-refractivity contribution in [3.63, 3.8) is 0 Å². The molecule has 9 aromatic rings. The van der Waals surface area contributed by atoms with Crippen molar-refractivity contribution in [2.24, 2.45) is 0 Å². The van der Waals surface area contributed by atoms with Gasteiger partial charge in [0.15, 0.2) is 0 Å². The molecule has 0 radical (unpaired) electrons. The molecule has 51 heavy (non-hydrogen) atoms. The molecular weight excluding hydrogens is 635 g/mol. The normalized spacial score (nSPS) is 16.1. The van der Waals surface area contributed by atoms with E-state index in [9.17, 15) is 2.74 Å². The monoisotopic (exact) mass is 672 g/mol. The third kappa shape index (κ3) is 4.61. The molecule has 0 bridgehead atoms. The van der Waals surface area contributed by atoms with Crippen molar-refractivity contribution in [2.45, 2.75) is 5.41 Å². The second-order valence-electron chi connectivity index (χ2n) is 12.9. The van der Waals surface area contributed by atoms with Crippen LogP contribution in [0.5, 0.6) is 0 Å². The van der Waals surface area contributed by atoms with Gasteiger partial charge in [-0.25, -0.2) is 0 Å². The number of anilines is 3. The fraction of sp³-hybridized carbons (Fsp3) is 0.0204. The Bertz CT molecular complexity index is 2970. The number of thiophene rings is 1. The molecule has 1 nitrogen and oxygen atoms in total. The number of hydrogen-bond acceptors (Lipinski definition) is 2. The number of hydrogen-bond donors (Lipinski definition) is 0. The molecule has 1 aliphatic carbocycles. The molecule has 0 aliphatic heterocycles. The van der Waals surface area contributed by atoms with Gasteiger partial charge in [0.2, 0.25) is 0 Å². The topological polar surface area (TPSA) is 3.24 Å². The largest absolute Gasteiger partial charge is 0.310 e. The van der Waals surface area contributed by atoms with E-state index in [4.69, 9.17) is 4.11 Å². The maximum absolute atomic E-state index is 9.48. The zero-order valence-corrected chi connectivity index (χ0v) is 28.3. The smallest absolute Gasteiger partial charge is 0.0713 e. The molecule has 1 atom stereocenters. The lowest BCUT2D eigenvalue weighted by Crippen LogP contribution is -2.28. The minimum Gasteiger partial charge on any atom is -0.310 e. The Balaban J connectivity index is 1.30. The molecule has 1 aromatic heterocycles. The average Bonchev–Trinajstić information content (AvgIpc) is 3.76. The van der Waals surface area contributed by atoms with Gasteiger partial charge in [0.05, 0.1) is 18.0 Å². The number of nitrogens with zero attached hydrogens (tertiary/aromatic N) is 1. The predicted molar refractivity (Wildman–Crippen MR) is 217 cm³/mol. The summed E-state index contributed by atoms with van der Waals surface area (Å²) < 4.78 is 47.6. The Labute approximate surface area is 309 Å². The molecule has 2 heteroatoms. The molecule has 1 aliphatic rings. The predicted octanol–water partition coefficient (Wildman–Crippen LogP) is 13.6. The van der Waals surface area contributed by atoms with Crippen molar-refractivity contribution in [3.8, 4) is 22.3 Å². The molecule has 8 aromatic carbocycles. The van der Waals surface area contributed by atoms with Crippen LogP contribution in [0.4, 0.5) is 17.1 Å². The summed E-state index contributed by atoms with van der Waals surface area (Å²) in [6.07, 6.45) is 0. The lowest BCUT2D eigenvalue weighted by Gasteiger charge is -2.34. The van der Waals surface area contributed by atoms with Crippen LogP contribution >= 0.6 is 11.3 Å². The lowest BCUT2D eigenvalue weighted by atomic mass is 9.67. The number of rotatable bonds is 6. The zero-order valence-electron chi connectivity index (χ0n) is 32.5. The second-order valence-corrected chi connectivity index (χ2v) is 14.0. The SMILES string of the molecule is [2H]c1c([2H])c([2H])c(C2(c3ccc4sc5ccccc5c4c3)c3ccccc3-c3cc(N(c4ccccc4)c4ccccc4-c4ccccc4)ccc32)c([2H])c1[2H]. The molecule has 0 saturated heterocycles. The minimum atomic E-state index is -1.23. The molecule has 0 fully saturated rings. The van der Waals surface area contributed by atoms with Gasteiger partial charge in [-0.15, -0.1) is 11.3 Å². The number of fused-ring (bicyclic) bond motifs is 6. The van der Waals surface area contributed by atoms with E-state index in [0.717, 1.165) is 71.5 Å². The minimum absolute atomic E-state index is 0.208. The Morgan fingerprint density at radius 1 is 0.451 bits per heavy atom. The van der Waals surface area contributed by atoms with Crippen LogP contribution in [0.3, 0.4) is 0 Å². The van der Waals surface area contributed by atoms with Crippen molar-refractivity contribution in [1.29, 1.82) is 0 Å². The first kappa shape index (κ1) is 24.8. The summed E-state index contributed by atoms with van der Waals surface area (Å²) in [6, 6.07) is 57.0. The molecule has 1 unspecified atom stereocenters. The van der Waals surface area contributed by atoms with Crippen LogP contribution in [0, 0.1) is 0 Å². The van der Waals surface area contributed by atoms with Crippen molar-refractivity contribution in [1.82, 2.24) is 0 Å². The van der Waals surface area contributed by atoms with Crippen LogP contribution in [0.25, 0.3) is 42.4 Å². The van der Waals surface area contributed by atoms with Crippen LogP contribution in [-0.4, -0.2) is 0 Å². The molecule has 10 rings (SSSR count). The van der Waals surface area contributed by atoms with Crippen molar-refractivity contribution < 1.29 is 6.85 Å². The Morgan fingerprint density at radius 3 is 1.96 bits per heavy atom. The highest BCUT2D eigenvalue weighted by Gasteiger charge is 2.46. The van der Waals surface area contributed by atoms with Crippen molar-refractivity contribution in [2.75, 3.05) is 4.90 Å². The number of benzene rings is 8. The third-order valence-electron chi connectivity index (χ3n) is 10.2. The molecule has 240 valence electrons. The van der Waals surface area contributed by atoms with Gasteiger partial charge in [-0.05, 0) is 87.5 Å². The molecule has 0 amide bonds. The van der Waals surface area contributed by atoms with Crippen LogP contribution in [-0.2, 0) is 5.41 Å². The third-order valence-corrected chi connectivity index (χ3v) is 11.4. The van der Waals surface area contributed by atoms with Gasteiger partial charge in [0.1, 0.15) is 0 Å². The van der Waals surface area contributed by atoms with Crippen LogP contribution in [0.1, 0.15) is 29.1 Å². The Morgan fingerprint density at radius 2 is 1.12 bits per heavy atom. The van der Waals surface area contributed by atoms with E-state index in [0.29, 0.717) is 0 Å². The molecule has 0 saturated carbocycles. The summed E-state index contributed by atoms with van der Waals surface area (Å²) >= 11 is 1.73. The van der Waals surface area contributed by atoms with Gasteiger partial charge in [-0.2, -0.15) is 0 Å². The lowest BCUT2D eigenvalue weighted by molar-refractivity contribution is 0.770. The first-order valence-corrected chi connectivity index (χ1v) is 17.9. The molecular formula is C49H33NS. The van der Waals surface area contributed by atoms with Crippen molar-refractivity contribution in [3.05, 3.63) is 222 Å². The quantitative estimate of drug-likeness (QED) is 0.170. The molecule has 0 N–H and O–H groups in total. The van der Waals surface area contributed by atoms with Crippen LogP contribution in [0.2, 0.25) is 0 Å². The summed E-state index contributed by atoms with van der Waals surface area (Å²) in [5.74, 6) is 0. The Hall–Kier alpha value is -6.22. The highest BCUT2D eigenvalue weighted by atomic mass is 32.1. The van der Waals surface area contributed by atoms with Gasteiger partial charge >= 0.3 is 0 Å². The summed E-state index contributed by atoms with van der Waals surface area (Å²) in [5.41, 5.74) is 8.64. The molecule has 1 heterocycles. The Kier molecular flexibility index (Phi) is 5.84. The standard InChI is InChI=1S/C49H33NS/c1-4-16-34(17-5-1)39-22-11-14-26-46(39)50(37-20-8-3-9-21-37)38-29-30-45-42(33-38)40-23-10-13-25-44(40)49(45,35-18-6-2-7-19-35)36-28-31-48-43(32-36)41-24-12-15-27-47(41)51-48/h1-33H/i2D,6D,7D,18D,19D. The van der Waals surface area contributed by atoms with E-state index in [-0.39, 0.29) is 29.7 Å². The summed E-state index contributed by atoms with van der Waals surface area (Å²) in [4.78, 5) is 2.28. The fourth-order valence-corrected chi connectivity index (χ4v) is 9.15. The number of para-hydroxylation sites is 2. The van der Waals surface area contributed by atoms with Crippen molar-refractivity contribution >= 4 is 48.6 Å². The second kappa shape index (κ2) is 12.0. The van der Waals surface area contributed by atoms with E-state index in [1.165, 1.54) is 4.70 Å². The first-order valence-electron chi connectivity index (χ1n) is 19.6. The van der Waals surface area contributed by atoms with Gasteiger partial charge < -0.3 is 4.90 Å². The van der Waals surface area contributed by atoms with E-state index >= 15 is 0 Å². The molecule has 0 spiro atoms. The van der Waals surface area contributed by atoms with Crippen LogP contribution in [0.15, 0.2) is 200 Å². The summed E-state index contributed by atoms with van der Waals surface area (Å²) in [7, 11) is 0. The van der Waals surface area contributed by atoms with Gasteiger partial charge in [-0.3, -0.25) is 0 Å². The highest BCUT2D eigenvalue weighted by Crippen LogP contribution is 2.58. The van der Waals surface area contributed by atoms with Gasteiger partial charge in [-0.1, -0.05) is 152 Å². The van der Waals surface area contributed by atoms with Gasteiger partial charge in [0, 0.05) is 37.1 Å². The van der Waals surface area contributed by atoms with E-state index in [1.54, 1.807) is 11.3 Å². The first-order chi connectivity index (χ1) is 27.4. The highest BCUT2D eigenvalue weighted by molar-refractivity contribution is 7.25. The van der Waals surface area contributed by atoms with Gasteiger partial charge in [0.25, 0.3) is 0 Å². The summed E-state index contributed by atoms with van der Waals surface area (Å²) in [5, 5.41) is 2.20. The average molecular weight is 673 g/mol. The van der Waals surface area contributed by atoms with E-state index in [1.807, 2.05) is 48.5 Å². The fourth-order valence-electron chi connectivity index (χ4n) is 8.07. The maximum atomic E-state index is 9.48. The zero-order chi connectivity index (χ0) is 38.1. The summed E-state index contributed by atoms with van der Waals surface area (Å²) in [6.45, 7) is 0. The van der Waals surface area contributed by atoms with E-state index < -0.39 is 11.5 Å². The maximum Gasteiger partial charge on any atom is 0.0713 e.